The number of nitrogens with zero attached hydrogens (tertiary/aromatic N) is 2. The van der Waals surface area contributed by atoms with Crippen molar-refractivity contribution >= 4 is 68.3 Å². The monoisotopic (exact) mass is 374 g/mol. The van der Waals surface area contributed by atoms with Crippen LogP contribution < -0.4 is 0 Å². The van der Waals surface area contributed by atoms with E-state index in [-0.39, 0.29) is 21.2 Å². The summed E-state index contributed by atoms with van der Waals surface area (Å²) in [5.74, 6) is 0. The highest BCUT2D eigenvalue weighted by molar-refractivity contribution is 6.69. The zero-order chi connectivity index (χ0) is 16.3. The van der Waals surface area contributed by atoms with E-state index in [4.69, 9.17) is 46.4 Å². The lowest BCUT2D eigenvalue weighted by Crippen LogP contribution is -1.89. The number of carbonyl (C=O) groups excluding carboxylic acids is 2. The molecule has 0 heterocycles. The van der Waals surface area contributed by atoms with Crippen molar-refractivity contribution in [3.05, 3.63) is 57.6 Å². The van der Waals surface area contributed by atoms with E-state index >= 15 is 0 Å². The fraction of sp³-hybridized carbons (Fsp3) is 0. The van der Waals surface area contributed by atoms with Crippen molar-refractivity contribution in [2.45, 2.75) is 0 Å². The Hall–Kier alpha value is -1.46. The Morgan fingerprint density at radius 3 is 1.41 bits per heavy atom. The first-order chi connectivity index (χ1) is 10.4. The lowest BCUT2D eigenvalue weighted by Gasteiger charge is -2.01. The molecule has 112 valence electrons. The van der Waals surface area contributed by atoms with Gasteiger partial charge in [0.25, 0.3) is 10.5 Å². The summed E-state index contributed by atoms with van der Waals surface area (Å²) >= 11 is 22.5. The summed E-state index contributed by atoms with van der Waals surface area (Å²) in [5, 5.41) is 6.96. The molecule has 0 N–H and O–H groups in total. The van der Waals surface area contributed by atoms with Crippen LogP contribution in [0.3, 0.4) is 0 Å². The Kier molecular flexibility index (Phi) is 5.53. The van der Waals surface area contributed by atoms with Crippen LogP contribution in [0.25, 0.3) is 0 Å². The molecular weight excluding hydrogens is 370 g/mol. The topological polar surface area (TPSA) is 58.9 Å². The molecule has 0 saturated carbocycles. The molecule has 2 aromatic carbocycles. The lowest BCUT2D eigenvalue weighted by atomic mass is 10.2. The van der Waals surface area contributed by atoms with E-state index in [2.05, 4.69) is 10.2 Å². The van der Waals surface area contributed by atoms with Gasteiger partial charge in [0, 0.05) is 0 Å². The minimum Gasteiger partial charge on any atom is -0.276 e. The van der Waals surface area contributed by atoms with E-state index in [1.165, 1.54) is 24.3 Å². The molecule has 0 unspecified atom stereocenters. The summed E-state index contributed by atoms with van der Waals surface area (Å²) in [5.41, 5.74) is 1.02. The predicted octanol–water partition coefficient (Wildman–Crippen LogP) is 6.17. The van der Waals surface area contributed by atoms with Crippen LogP contribution in [0, 0.1) is 0 Å². The maximum Gasteiger partial charge on any atom is 0.253 e. The number of hydrogen-bond acceptors (Lipinski definition) is 4. The van der Waals surface area contributed by atoms with Crippen molar-refractivity contribution in [2.24, 2.45) is 10.2 Å². The molecule has 0 atom stereocenters. The summed E-state index contributed by atoms with van der Waals surface area (Å²) in [6.45, 7) is 0. The second-order valence-corrected chi connectivity index (χ2v) is 5.58. The molecule has 0 aliphatic carbocycles. The maximum atomic E-state index is 11.2. The van der Waals surface area contributed by atoms with Gasteiger partial charge in [-0.3, -0.25) is 9.59 Å². The molecule has 2 rings (SSSR count). The first kappa shape index (κ1) is 16.9. The zero-order valence-corrected chi connectivity index (χ0v) is 13.7. The molecule has 4 nitrogen and oxygen atoms in total. The highest BCUT2D eigenvalue weighted by Crippen LogP contribution is 2.27. The molecule has 8 heteroatoms. The summed E-state index contributed by atoms with van der Waals surface area (Å²) in [6.07, 6.45) is 0. The van der Waals surface area contributed by atoms with Crippen molar-refractivity contribution < 1.29 is 9.59 Å². The highest BCUT2D eigenvalue weighted by Gasteiger charge is 2.10. The quantitative estimate of drug-likeness (QED) is 0.474. The van der Waals surface area contributed by atoms with E-state index in [0.717, 1.165) is 0 Å². The average molecular weight is 376 g/mol. The number of halogens is 4. The van der Waals surface area contributed by atoms with Crippen molar-refractivity contribution in [3.63, 3.8) is 0 Å². The predicted molar refractivity (Wildman–Crippen MR) is 87.4 cm³/mol. The molecule has 0 radical (unpaired) electrons. The molecule has 0 aliphatic rings. The Bertz CT molecular complexity index is 725. The Labute approximate surface area is 145 Å². The van der Waals surface area contributed by atoms with Gasteiger partial charge in [0.1, 0.15) is 0 Å². The molecule has 0 aromatic heterocycles. The van der Waals surface area contributed by atoms with Gasteiger partial charge in [-0.05, 0) is 59.6 Å². The van der Waals surface area contributed by atoms with Gasteiger partial charge in [-0.1, -0.05) is 23.2 Å². The Morgan fingerprint density at radius 1 is 0.727 bits per heavy atom. The van der Waals surface area contributed by atoms with Gasteiger partial charge < -0.3 is 0 Å². The fourth-order valence-electron chi connectivity index (χ4n) is 1.57. The number of benzene rings is 2. The van der Waals surface area contributed by atoms with Crippen LogP contribution in [0.15, 0.2) is 46.6 Å². The van der Waals surface area contributed by atoms with Crippen LogP contribution in [-0.4, -0.2) is 10.5 Å². The van der Waals surface area contributed by atoms with Crippen LogP contribution in [0.1, 0.15) is 20.7 Å². The molecule has 0 fully saturated rings. The minimum atomic E-state index is -0.691. The lowest BCUT2D eigenvalue weighted by molar-refractivity contribution is 0.107. The van der Waals surface area contributed by atoms with Crippen molar-refractivity contribution in [1.29, 1.82) is 0 Å². The van der Waals surface area contributed by atoms with Crippen LogP contribution in [0.5, 0.6) is 0 Å². The first-order valence-corrected chi connectivity index (χ1v) is 7.30. The molecule has 0 bridgehead atoms. The van der Waals surface area contributed by atoms with Gasteiger partial charge in [0.2, 0.25) is 0 Å². The standard InChI is InChI=1S/C14H6Cl4N2O2/c15-11-3-1-7(5-9(11)13(17)21)19-20-8-2-4-12(16)10(6-8)14(18)22/h1-6H. The highest BCUT2D eigenvalue weighted by atomic mass is 35.5. The van der Waals surface area contributed by atoms with Gasteiger partial charge in [0.05, 0.1) is 32.5 Å². The van der Waals surface area contributed by atoms with Gasteiger partial charge in [0.15, 0.2) is 0 Å². The number of hydrogen-bond donors (Lipinski definition) is 0. The molecule has 2 aromatic rings. The molecule has 0 spiro atoms. The van der Waals surface area contributed by atoms with E-state index in [9.17, 15) is 9.59 Å². The van der Waals surface area contributed by atoms with Crippen LogP contribution >= 0.6 is 46.4 Å². The molecule has 0 saturated heterocycles. The second-order valence-electron chi connectivity index (χ2n) is 4.08. The molecule has 22 heavy (non-hydrogen) atoms. The van der Waals surface area contributed by atoms with Gasteiger partial charge in [-0.2, -0.15) is 10.2 Å². The van der Waals surface area contributed by atoms with Crippen molar-refractivity contribution in [1.82, 2.24) is 0 Å². The van der Waals surface area contributed by atoms with Gasteiger partial charge in [-0.25, -0.2) is 0 Å². The summed E-state index contributed by atoms with van der Waals surface area (Å²) in [4.78, 5) is 22.4. The summed E-state index contributed by atoms with van der Waals surface area (Å²) in [7, 11) is 0. The SMILES string of the molecule is O=C(Cl)c1cc(N=Nc2ccc(Cl)c(C(=O)Cl)c2)ccc1Cl. The zero-order valence-electron chi connectivity index (χ0n) is 10.7. The third kappa shape index (κ3) is 4.05. The third-order valence-corrected chi connectivity index (χ3v) is 3.67. The number of azo groups is 1. The summed E-state index contributed by atoms with van der Waals surface area (Å²) in [6, 6.07) is 8.93. The largest absolute Gasteiger partial charge is 0.276 e. The van der Waals surface area contributed by atoms with Crippen LogP contribution in [-0.2, 0) is 0 Å². The van der Waals surface area contributed by atoms with E-state index in [1.54, 1.807) is 12.1 Å². The van der Waals surface area contributed by atoms with E-state index in [0.29, 0.717) is 11.4 Å². The maximum absolute atomic E-state index is 11.2. The second kappa shape index (κ2) is 7.20. The Morgan fingerprint density at radius 2 is 1.09 bits per heavy atom. The normalized spacial score (nSPS) is 10.9. The number of carbonyl (C=O) groups is 2. The third-order valence-electron chi connectivity index (χ3n) is 2.60. The summed E-state index contributed by atoms with van der Waals surface area (Å²) < 4.78 is 0. The minimum absolute atomic E-state index is 0.132. The average Bonchev–Trinajstić information content (AvgIpc) is 2.47. The van der Waals surface area contributed by atoms with Crippen molar-refractivity contribution in [2.75, 3.05) is 0 Å². The van der Waals surface area contributed by atoms with Gasteiger partial charge >= 0.3 is 0 Å². The van der Waals surface area contributed by atoms with Crippen LogP contribution in [0.2, 0.25) is 10.0 Å². The molecular formula is C14H6Cl4N2O2. The number of rotatable bonds is 4. The fourth-order valence-corrected chi connectivity index (χ4v) is 2.38. The van der Waals surface area contributed by atoms with Crippen molar-refractivity contribution in [3.8, 4) is 0 Å². The van der Waals surface area contributed by atoms with Crippen LogP contribution in [0.4, 0.5) is 11.4 Å². The molecule has 0 amide bonds. The van der Waals surface area contributed by atoms with E-state index < -0.39 is 10.5 Å². The first-order valence-electron chi connectivity index (χ1n) is 5.79. The van der Waals surface area contributed by atoms with Gasteiger partial charge in [-0.15, -0.1) is 0 Å². The molecule has 0 aliphatic heterocycles. The smallest absolute Gasteiger partial charge is 0.253 e. The van der Waals surface area contributed by atoms with E-state index in [1.807, 2.05) is 0 Å². The Balaban J connectivity index is 2.33.